The topological polar surface area (TPSA) is 134 Å². The van der Waals surface area contributed by atoms with Crippen LogP contribution in [0.3, 0.4) is 0 Å². The summed E-state index contributed by atoms with van der Waals surface area (Å²) in [5.74, 6) is -0.348. The van der Waals surface area contributed by atoms with E-state index in [-0.39, 0.29) is 17.6 Å². The Morgan fingerprint density at radius 3 is 2.81 bits per heavy atom. The average molecular weight is 515 g/mol. The fourth-order valence-electron chi connectivity index (χ4n) is 4.01. The predicted molar refractivity (Wildman–Crippen MR) is 140 cm³/mol. The Morgan fingerprint density at radius 2 is 2.08 bits per heavy atom. The van der Waals surface area contributed by atoms with E-state index >= 15 is 0 Å². The van der Waals surface area contributed by atoms with Crippen LogP contribution in [0.15, 0.2) is 29.5 Å². The molecule has 2 aromatic rings. The highest BCUT2D eigenvalue weighted by Crippen LogP contribution is 2.28. The lowest BCUT2D eigenvalue weighted by Crippen LogP contribution is -2.28. The Bertz CT molecular complexity index is 1120. The Balaban J connectivity index is 1.51. The summed E-state index contributed by atoms with van der Waals surface area (Å²) in [6.07, 6.45) is 6.71. The van der Waals surface area contributed by atoms with Crippen molar-refractivity contribution in [1.29, 1.82) is 0 Å². The number of carbonyl (C=O) groups is 2. The molecular weight excluding hydrogens is 480 g/mol. The number of aryl methyl sites for hydroxylation is 1. The minimum atomic E-state index is -0.685. The third-order valence-corrected chi connectivity index (χ3v) is 6.90. The van der Waals surface area contributed by atoms with E-state index in [9.17, 15) is 9.59 Å². The van der Waals surface area contributed by atoms with Crippen LogP contribution in [0.2, 0.25) is 0 Å². The number of thioether (sulfide) groups is 1. The van der Waals surface area contributed by atoms with Gasteiger partial charge in [0.15, 0.2) is 5.69 Å². The first-order valence-corrected chi connectivity index (χ1v) is 13.3. The maximum absolute atomic E-state index is 13.2. The lowest BCUT2D eigenvalue weighted by molar-refractivity contribution is -0.116. The number of anilines is 1. The normalized spacial score (nSPS) is 18.7. The van der Waals surface area contributed by atoms with Crippen molar-refractivity contribution < 1.29 is 19.1 Å². The highest BCUT2D eigenvalue weighted by atomic mass is 32.2. The molecule has 10 nitrogen and oxygen atoms in total. The van der Waals surface area contributed by atoms with Crippen molar-refractivity contribution in [3.8, 4) is 0 Å². The molecule has 0 bridgehead atoms. The first kappa shape index (κ1) is 26.3. The number of pyridine rings is 1. The fourth-order valence-corrected chi connectivity index (χ4v) is 5.05. The summed E-state index contributed by atoms with van der Waals surface area (Å²) in [4.78, 5) is 35.1. The number of nitrogens with one attached hydrogen (secondary N) is 1. The van der Waals surface area contributed by atoms with Gasteiger partial charge >= 0.3 is 5.97 Å². The summed E-state index contributed by atoms with van der Waals surface area (Å²) in [5.41, 5.74) is 7.26. The van der Waals surface area contributed by atoms with E-state index in [2.05, 4.69) is 20.4 Å². The van der Waals surface area contributed by atoms with Gasteiger partial charge in [-0.2, -0.15) is 5.10 Å². The number of hydrogen-bond acceptors (Lipinski definition) is 9. The van der Waals surface area contributed by atoms with Crippen molar-refractivity contribution in [2.45, 2.75) is 64.1 Å². The molecule has 1 fully saturated rings. The van der Waals surface area contributed by atoms with E-state index in [0.717, 1.165) is 42.0 Å². The standard InChI is InChI=1S/C25H34N6O4S/c1-25(2,3)35-24(33)21-19(14-31(30-21)18-7-11-34-12-8-18)28-22(32)20-15-36-23(29-20)16-6-10-27-17(13-16)5-4-9-26/h6,10,13-14,18,20H,4-5,7-9,11-12,15,26H2,1-3H3,(H,28,32). The Morgan fingerprint density at radius 1 is 1.31 bits per heavy atom. The van der Waals surface area contributed by atoms with E-state index in [1.54, 1.807) is 37.8 Å². The summed E-state index contributed by atoms with van der Waals surface area (Å²) >= 11 is 1.53. The lowest BCUT2D eigenvalue weighted by atomic mass is 10.1. The minimum Gasteiger partial charge on any atom is -0.455 e. The molecular formula is C25H34N6O4S. The average Bonchev–Trinajstić information content (AvgIpc) is 3.50. The van der Waals surface area contributed by atoms with Crippen LogP contribution in [-0.2, 0) is 20.7 Å². The van der Waals surface area contributed by atoms with Gasteiger partial charge in [-0.15, -0.1) is 11.8 Å². The first-order valence-electron chi connectivity index (χ1n) is 12.3. The van der Waals surface area contributed by atoms with Crippen molar-refractivity contribution in [2.24, 2.45) is 10.7 Å². The van der Waals surface area contributed by atoms with Crippen LogP contribution < -0.4 is 11.1 Å². The molecule has 194 valence electrons. The third-order valence-electron chi connectivity index (χ3n) is 5.80. The molecule has 3 N–H and O–H groups in total. The SMILES string of the molecule is CC(C)(C)OC(=O)c1nn(C2CCOCC2)cc1NC(=O)C1CSC(c2ccnc(CCCN)c2)=N1. The quantitative estimate of drug-likeness (QED) is 0.514. The van der Waals surface area contributed by atoms with Crippen LogP contribution in [0.1, 0.15) is 67.8 Å². The molecule has 1 saturated heterocycles. The van der Waals surface area contributed by atoms with Gasteiger partial charge in [-0.1, -0.05) is 0 Å². The molecule has 0 aliphatic carbocycles. The highest BCUT2D eigenvalue weighted by Gasteiger charge is 2.30. The van der Waals surface area contributed by atoms with Gasteiger partial charge in [-0.25, -0.2) is 4.79 Å². The smallest absolute Gasteiger partial charge is 0.361 e. The minimum absolute atomic E-state index is 0.0948. The molecule has 36 heavy (non-hydrogen) atoms. The molecule has 1 atom stereocenters. The number of aromatic nitrogens is 3. The molecule has 1 amide bonds. The van der Waals surface area contributed by atoms with Gasteiger partial charge in [-0.3, -0.25) is 19.5 Å². The predicted octanol–water partition coefficient (Wildman–Crippen LogP) is 2.98. The van der Waals surface area contributed by atoms with E-state index in [1.165, 1.54) is 11.8 Å². The third kappa shape index (κ3) is 6.71. The number of nitrogens with zero attached hydrogens (tertiary/aromatic N) is 4. The van der Waals surface area contributed by atoms with E-state index in [4.69, 9.17) is 15.2 Å². The van der Waals surface area contributed by atoms with E-state index in [1.807, 2.05) is 12.1 Å². The number of hydrogen-bond donors (Lipinski definition) is 2. The Hall–Kier alpha value is -2.76. The molecule has 4 rings (SSSR count). The van der Waals surface area contributed by atoms with Crippen LogP contribution in [-0.4, -0.2) is 68.8 Å². The van der Waals surface area contributed by atoms with Gasteiger partial charge in [0.2, 0.25) is 5.91 Å². The second kappa shape index (κ2) is 11.5. The van der Waals surface area contributed by atoms with Gasteiger partial charge in [0.25, 0.3) is 0 Å². The number of esters is 1. The zero-order chi connectivity index (χ0) is 25.7. The van der Waals surface area contributed by atoms with Crippen molar-refractivity contribution in [3.05, 3.63) is 41.5 Å². The van der Waals surface area contributed by atoms with Crippen molar-refractivity contribution >= 4 is 34.4 Å². The second-order valence-electron chi connectivity index (χ2n) is 9.90. The van der Waals surface area contributed by atoms with Gasteiger partial charge in [0.05, 0.1) is 16.8 Å². The van der Waals surface area contributed by atoms with Crippen LogP contribution in [0.5, 0.6) is 0 Å². The van der Waals surface area contributed by atoms with Gasteiger partial charge in [0.1, 0.15) is 11.6 Å². The summed E-state index contributed by atoms with van der Waals surface area (Å²) in [7, 11) is 0. The summed E-state index contributed by atoms with van der Waals surface area (Å²) in [6.45, 7) is 7.27. The molecule has 2 aliphatic heterocycles. The van der Waals surface area contributed by atoms with Crippen molar-refractivity contribution in [3.63, 3.8) is 0 Å². The van der Waals surface area contributed by atoms with Crippen molar-refractivity contribution in [1.82, 2.24) is 14.8 Å². The molecule has 0 radical (unpaired) electrons. The first-order chi connectivity index (χ1) is 17.2. The summed E-state index contributed by atoms with van der Waals surface area (Å²) in [6, 6.07) is 3.41. The number of ether oxygens (including phenoxy) is 2. The molecule has 4 heterocycles. The monoisotopic (exact) mass is 514 g/mol. The number of carbonyl (C=O) groups excluding carboxylic acids is 2. The molecule has 2 aromatic heterocycles. The van der Waals surface area contributed by atoms with Crippen molar-refractivity contribution in [2.75, 3.05) is 30.8 Å². The van der Waals surface area contributed by atoms with Crippen LogP contribution >= 0.6 is 11.8 Å². The summed E-state index contributed by atoms with van der Waals surface area (Å²) in [5, 5.41) is 8.20. The summed E-state index contributed by atoms with van der Waals surface area (Å²) < 4.78 is 12.7. The fraction of sp³-hybridized carbons (Fsp3) is 0.560. The van der Waals surface area contributed by atoms with Crippen LogP contribution in [0.25, 0.3) is 0 Å². The highest BCUT2D eigenvalue weighted by molar-refractivity contribution is 8.14. The van der Waals surface area contributed by atoms with Gasteiger partial charge in [-0.05, 0) is 65.1 Å². The zero-order valence-corrected chi connectivity index (χ0v) is 21.8. The molecule has 0 spiro atoms. The van der Waals surface area contributed by atoms with Gasteiger partial charge < -0.3 is 20.5 Å². The number of aliphatic imine (C=N–C) groups is 1. The second-order valence-corrected chi connectivity index (χ2v) is 10.9. The molecule has 2 aliphatic rings. The Kier molecular flexibility index (Phi) is 8.43. The lowest BCUT2D eigenvalue weighted by Gasteiger charge is -2.22. The maximum atomic E-state index is 13.2. The van der Waals surface area contributed by atoms with Crippen LogP contribution in [0, 0.1) is 0 Å². The molecule has 0 aromatic carbocycles. The van der Waals surface area contributed by atoms with Gasteiger partial charge in [0, 0.05) is 42.6 Å². The molecule has 1 unspecified atom stereocenters. The zero-order valence-electron chi connectivity index (χ0n) is 21.0. The number of amides is 1. The molecule has 0 saturated carbocycles. The van der Waals surface area contributed by atoms with Crippen LogP contribution in [0.4, 0.5) is 5.69 Å². The maximum Gasteiger partial charge on any atom is 0.361 e. The number of nitrogens with two attached hydrogens (primary N) is 1. The van der Waals surface area contributed by atoms with E-state index in [0.29, 0.717) is 31.2 Å². The molecule has 11 heteroatoms. The largest absolute Gasteiger partial charge is 0.455 e. The number of rotatable bonds is 8. The Labute approximate surface area is 215 Å². The van der Waals surface area contributed by atoms with E-state index < -0.39 is 17.6 Å².